The number of carbonyl (C=O) groups excluding carboxylic acids is 1. The first-order chi connectivity index (χ1) is 5.87. The van der Waals surface area contributed by atoms with E-state index >= 15 is 0 Å². The largest absolute Gasteiger partial charge is 0.509 e. The van der Waals surface area contributed by atoms with Crippen molar-refractivity contribution < 1.29 is 14.3 Å². The Morgan fingerprint density at radius 1 is 1.54 bits per heavy atom. The van der Waals surface area contributed by atoms with Gasteiger partial charge in [0.2, 0.25) is 0 Å². The maximum Gasteiger partial charge on any atom is 0.509 e. The summed E-state index contributed by atoms with van der Waals surface area (Å²) in [4.78, 5) is 11.1. The molecule has 0 N–H and O–H groups in total. The standard InChI is InChI=1S/C9H17IO3/c1-5-6-9(3,4)13-8(11)12-7(2)10/h7H,5-6H2,1-4H3. The fourth-order valence-corrected chi connectivity index (χ4v) is 1.24. The summed E-state index contributed by atoms with van der Waals surface area (Å²) in [6, 6.07) is 0. The molecule has 0 amide bonds. The lowest BCUT2D eigenvalue weighted by Crippen LogP contribution is -2.28. The Morgan fingerprint density at radius 3 is 2.46 bits per heavy atom. The van der Waals surface area contributed by atoms with Crippen LogP contribution in [0.2, 0.25) is 0 Å². The Morgan fingerprint density at radius 2 is 2.08 bits per heavy atom. The second kappa shape index (κ2) is 5.67. The van der Waals surface area contributed by atoms with Gasteiger partial charge in [0.1, 0.15) is 5.60 Å². The second-order valence-corrected chi connectivity index (χ2v) is 5.28. The van der Waals surface area contributed by atoms with Crippen LogP contribution in [0, 0.1) is 0 Å². The van der Waals surface area contributed by atoms with Gasteiger partial charge in [0, 0.05) is 0 Å². The van der Waals surface area contributed by atoms with Crippen LogP contribution >= 0.6 is 22.6 Å². The highest BCUT2D eigenvalue weighted by molar-refractivity contribution is 14.1. The summed E-state index contributed by atoms with van der Waals surface area (Å²) in [6.07, 6.45) is 1.25. The molecule has 78 valence electrons. The zero-order valence-corrected chi connectivity index (χ0v) is 10.8. The van der Waals surface area contributed by atoms with Crippen LogP contribution in [0.5, 0.6) is 0 Å². The van der Waals surface area contributed by atoms with E-state index in [1.807, 2.05) is 36.4 Å². The normalized spacial score (nSPS) is 13.6. The Balaban J connectivity index is 3.89. The first kappa shape index (κ1) is 13.0. The van der Waals surface area contributed by atoms with Gasteiger partial charge in [-0.2, -0.15) is 0 Å². The van der Waals surface area contributed by atoms with Crippen LogP contribution in [-0.2, 0) is 9.47 Å². The van der Waals surface area contributed by atoms with E-state index in [9.17, 15) is 4.79 Å². The summed E-state index contributed by atoms with van der Waals surface area (Å²) in [5.41, 5.74) is -0.419. The molecule has 4 heteroatoms. The Hall–Kier alpha value is 0. The second-order valence-electron chi connectivity index (χ2n) is 3.52. The minimum absolute atomic E-state index is 0.150. The number of rotatable bonds is 4. The van der Waals surface area contributed by atoms with Crippen molar-refractivity contribution in [3.63, 3.8) is 0 Å². The quantitative estimate of drug-likeness (QED) is 0.453. The molecule has 0 spiro atoms. The van der Waals surface area contributed by atoms with Gasteiger partial charge in [0.05, 0.1) is 0 Å². The molecule has 0 aromatic heterocycles. The summed E-state index contributed by atoms with van der Waals surface area (Å²) in [5.74, 6) is 0. The monoisotopic (exact) mass is 300 g/mol. The SMILES string of the molecule is CCCC(C)(C)OC(=O)OC(C)I. The van der Waals surface area contributed by atoms with Crippen LogP contribution in [-0.4, -0.2) is 15.9 Å². The van der Waals surface area contributed by atoms with Crippen molar-refractivity contribution >= 4 is 28.7 Å². The van der Waals surface area contributed by atoms with Crippen LogP contribution in [0.3, 0.4) is 0 Å². The molecule has 0 saturated carbocycles. The van der Waals surface area contributed by atoms with Crippen molar-refractivity contribution in [2.75, 3.05) is 0 Å². The van der Waals surface area contributed by atoms with E-state index in [0.717, 1.165) is 12.8 Å². The number of carbonyl (C=O) groups is 1. The third kappa shape index (κ3) is 7.10. The minimum Gasteiger partial charge on any atom is -0.428 e. The third-order valence-corrected chi connectivity index (χ3v) is 1.72. The van der Waals surface area contributed by atoms with Crippen molar-refractivity contribution in [2.45, 2.75) is 50.2 Å². The summed E-state index contributed by atoms with van der Waals surface area (Å²) in [6.45, 7) is 7.61. The smallest absolute Gasteiger partial charge is 0.428 e. The molecule has 0 rings (SSSR count). The Kier molecular flexibility index (Phi) is 5.67. The number of ether oxygens (including phenoxy) is 2. The maximum atomic E-state index is 11.1. The number of halogens is 1. The first-order valence-corrected chi connectivity index (χ1v) is 5.65. The molecule has 0 aromatic rings. The van der Waals surface area contributed by atoms with Crippen molar-refractivity contribution in [2.24, 2.45) is 0 Å². The summed E-state index contributed by atoms with van der Waals surface area (Å²) >= 11 is 2.01. The lowest BCUT2D eigenvalue weighted by molar-refractivity contribution is -0.0209. The highest BCUT2D eigenvalue weighted by Crippen LogP contribution is 2.18. The fraction of sp³-hybridized carbons (Fsp3) is 0.889. The van der Waals surface area contributed by atoms with E-state index in [0.29, 0.717) is 0 Å². The molecule has 0 radical (unpaired) electrons. The Bertz CT molecular complexity index is 166. The van der Waals surface area contributed by atoms with Crippen molar-refractivity contribution in [3.8, 4) is 0 Å². The van der Waals surface area contributed by atoms with Crippen molar-refractivity contribution in [3.05, 3.63) is 0 Å². The van der Waals surface area contributed by atoms with E-state index in [1.165, 1.54) is 0 Å². The highest BCUT2D eigenvalue weighted by atomic mass is 127. The molecular weight excluding hydrogens is 283 g/mol. The molecule has 0 fully saturated rings. The molecule has 0 saturated heterocycles. The van der Waals surface area contributed by atoms with E-state index in [1.54, 1.807) is 6.92 Å². The van der Waals surface area contributed by atoms with Crippen LogP contribution in [0.1, 0.15) is 40.5 Å². The van der Waals surface area contributed by atoms with E-state index in [-0.39, 0.29) is 4.11 Å². The molecule has 0 aliphatic rings. The molecule has 0 heterocycles. The van der Waals surface area contributed by atoms with Gasteiger partial charge in [-0.1, -0.05) is 13.3 Å². The third-order valence-electron chi connectivity index (χ3n) is 1.47. The molecular formula is C9H17IO3. The van der Waals surface area contributed by atoms with Gasteiger partial charge in [-0.05, 0) is 49.8 Å². The predicted molar refractivity (Wildman–Crippen MR) is 60.0 cm³/mol. The lowest BCUT2D eigenvalue weighted by atomic mass is 10.0. The molecule has 0 bridgehead atoms. The van der Waals surface area contributed by atoms with Crippen molar-refractivity contribution in [1.82, 2.24) is 0 Å². The van der Waals surface area contributed by atoms with Crippen LogP contribution in [0.25, 0.3) is 0 Å². The molecule has 1 unspecified atom stereocenters. The summed E-state index contributed by atoms with van der Waals surface area (Å²) in [5, 5.41) is 0. The van der Waals surface area contributed by atoms with Gasteiger partial charge in [0.15, 0.2) is 4.11 Å². The average molecular weight is 300 g/mol. The Labute approximate surface area is 93.3 Å². The topological polar surface area (TPSA) is 35.5 Å². The van der Waals surface area contributed by atoms with Gasteiger partial charge >= 0.3 is 6.16 Å². The van der Waals surface area contributed by atoms with Gasteiger partial charge in [-0.25, -0.2) is 4.79 Å². The van der Waals surface area contributed by atoms with E-state index < -0.39 is 11.8 Å². The van der Waals surface area contributed by atoms with Gasteiger partial charge in [0.25, 0.3) is 0 Å². The lowest BCUT2D eigenvalue weighted by Gasteiger charge is -2.24. The van der Waals surface area contributed by atoms with Gasteiger partial charge in [-0.3, -0.25) is 0 Å². The average Bonchev–Trinajstić information content (AvgIpc) is 1.81. The van der Waals surface area contributed by atoms with Crippen molar-refractivity contribution in [1.29, 1.82) is 0 Å². The molecule has 0 aliphatic carbocycles. The zero-order chi connectivity index (χ0) is 10.5. The van der Waals surface area contributed by atoms with Crippen LogP contribution in [0.15, 0.2) is 0 Å². The first-order valence-electron chi connectivity index (χ1n) is 4.41. The molecule has 3 nitrogen and oxygen atoms in total. The summed E-state index contributed by atoms with van der Waals surface area (Å²) < 4.78 is 9.83. The van der Waals surface area contributed by atoms with E-state index in [2.05, 4.69) is 6.92 Å². The molecule has 0 aromatic carbocycles. The van der Waals surface area contributed by atoms with Gasteiger partial charge in [-0.15, -0.1) is 0 Å². The molecule has 13 heavy (non-hydrogen) atoms. The van der Waals surface area contributed by atoms with Gasteiger partial charge < -0.3 is 9.47 Å². The minimum atomic E-state index is -0.583. The molecule has 1 atom stereocenters. The number of alkyl halides is 1. The zero-order valence-electron chi connectivity index (χ0n) is 8.59. The van der Waals surface area contributed by atoms with E-state index in [4.69, 9.17) is 9.47 Å². The predicted octanol–water partition coefficient (Wildman–Crippen LogP) is 3.50. The van der Waals surface area contributed by atoms with Crippen LogP contribution in [0.4, 0.5) is 4.79 Å². The summed E-state index contributed by atoms with van der Waals surface area (Å²) in [7, 11) is 0. The van der Waals surface area contributed by atoms with Crippen LogP contribution < -0.4 is 0 Å². The highest BCUT2D eigenvalue weighted by Gasteiger charge is 2.23. The number of hydrogen-bond donors (Lipinski definition) is 0. The maximum absolute atomic E-state index is 11.1. The fourth-order valence-electron chi connectivity index (χ4n) is 1.04. The molecule has 0 aliphatic heterocycles. The number of hydrogen-bond acceptors (Lipinski definition) is 3.